The van der Waals surface area contributed by atoms with Crippen molar-refractivity contribution in [2.75, 3.05) is 0 Å². The number of hydrogen-bond acceptors (Lipinski definition) is 2. The highest BCUT2D eigenvalue weighted by Gasteiger charge is 2.04. The Morgan fingerprint density at radius 3 is 2.60 bits per heavy atom. The third-order valence-corrected chi connectivity index (χ3v) is 3.18. The first kappa shape index (κ1) is 14.7. The molecule has 0 saturated heterocycles. The van der Waals surface area contributed by atoms with Crippen LogP contribution < -0.4 is 5.43 Å². The molecular formula is C14H9BrClFN2O. The molecular weight excluding hydrogens is 347 g/mol. The molecule has 0 radical (unpaired) electrons. The molecule has 0 atom stereocenters. The number of amides is 1. The van der Waals surface area contributed by atoms with Crippen molar-refractivity contribution in [1.82, 2.24) is 5.43 Å². The van der Waals surface area contributed by atoms with Crippen molar-refractivity contribution in [3.63, 3.8) is 0 Å². The van der Waals surface area contributed by atoms with Gasteiger partial charge in [-0.15, -0.1) is 0 Å². The fourth-order valence-corrected chi connectivity index (χ4v) is 1.89. The summed E-state index contributed by atoms with van der Waals surface area (Å²) in [5.41, 5.74) is 3.02. The molecule has 0 aliphatic rings. The summed E-state index contributed by atoms with van der Waals surface area (Å²) in [5.74, 6) is -0.820. The average Bonchev–Trinajstić information content (AvgIpc) is 2.42. The van der Waals surface area contributed by atoms with Gasteiger partial charge < -0.3 is 0 Å². The molecule has 20 heavy (non-hydrogen) atoms. The number of halogens is 3. The molecule has 0 fully saturated rings. The van der Waals surface area contributed by atoms with E-state index >= 15 is 0 Å². The zero-order valence-corrected chi connectivity index (χ0v) is 12.5. The van der Waals surface area contributed by atoms with Crippen LogP contribution in [0.25, 0.3) is 0 Å². The van der Waals surface area contributed by atoms with E-state index in [1.54, 1.807) is 36.4 Å². The minimum atomic E-state index is -0.427. The molecule has 0 saturated carbocycles. The number of rotatable bonds is 3. The van der Waals surface area contributed by atoms with Gasteiger partial charge in [0.15, 0.2) is 0 Å². The van der Waals surface area contributed by atoms with Gasteiger partial charge >= 0.3 is 0 Å². The third-order valence-electron chi connectivity index (χ3n) is 2.44. The topological polar surface area (TPSA) is 41.5 Å². The van der Waals surface area contributed by atoms with E-state index in [1.807, 2.05) is 0 Å². The fourth-order valence-electron chi connectivity index (χ4n) is 1.43. The van der Waals surface area contributed by atoms with E-state index in [2.05, 4.69) is 26.5 Å². The lowest BCUT2D eigenvalue weighted by Crippen LogP contribution is -2.17. The predicted molar refractivity (Wildman–Crippen MR) is 80.6 cm³/mol. The molecule has 2 aromatic carbocycles. The smallest absolute Gasteiger partial charge is 0.267 e. The van der Waals surface area contributed by atoms with Crippen LogP contribution >= 0.6 is 27.5 Å². The first-order valence-electron chi connectivity index (χ1n) is 5.60. The van der Waals surface area contributed by atoms with E-state index in [-0.39, 0.29) is 5.56 Å². The molecule has 3 nitrogen and oxygen atoms in total. The Labute approximate surface area is 128 Å². The Bertz CT molecular complexity index is 659. The van der Waals surface area contributed by atoms with Crippen molar-refractivity contribution in [2.45, 2.75) is 0 Å². The maximum Gasteiger partial charge on any atom is 0.271 e. The Kier molecular flexibility index (Phi) is 4.87. The first-order chi connectivity index (χ1) is 9.56. The molecule has 2 rings (SSSR count). The molecule has 6 heteroatoms. The van der Waals surface area contributed by atoms with Gasteiger partial charge in [0, 0.05) is 20.6 Å². The van der Waals surface area contributed by atoms with Crippen LogP contribution in [0.3, 0.4) is 0 Å². The second-order valence-corrected chi connectivity index (χ2v) is 5.22. The van der Waals surface area contributed by atoms with Gasteiger partial charge in [0.1, 0.15) is 5.82 Å². The van der Waals surface area contributed by atoms with Crippen LogP contribution in [0.15, 0.2) is 52.0 Å². The van der Waals surface area contributed by atoms with Gasteiger partial charge in [-0.25, -0.2) is 9.82 Å². The predicted octanol–water partition coefficient (Wildman–Crippen LogP) is 4.01. The monoisotopic (exact) mass is 354 g/mol. The molecule has 1 N–H and O–H groups in total. The zero-order chi connectivity index (χ0) is 14.5. The largest absolute Gasteiger partial charge is 0.271 e. The summed E-state index contributed by atoms with van der Waals surface area (Å²) in [6.45, 7) is 0. The number of carbonyl (C=O) groups is 1. The lowest BCUT2D eigenvalue weighted by Gasteiger charge is -2.00. The van der Waals surface area contributed by atoms with Crippen LogP contribution in [-0.4, -0.2) is 12.1 Å². The van der Waals surface area contributed by atoms with Gasteiger partial charge in [0.25, 0.3) is 5.91 Å². The number of carbonyl (C=O) groups excluding carboxylic acids is 1. The molecule has 1 amide bonds. The summed E-state index contributed by atoms with van der Waals surface area (Å²) < 4.78 is 14.1. The van der Waals surface area contributed by atoms with Gasteiger partial charge in [-0.3, -0.25) is 4.79 Å². The quantitative estimate of drug-likeness (QED) is 0.656. The summed E-state index contributed by atoms with van der Waals surface area (Å²) in [4.78, 5) is 11.7. The van der Waals surface area contributed by atoms with Gasteiger partial charge in [-0.2, -0.15) is 5.10 Å². The summed E-state index contributed by atoms with van der Waals surface area (Å²) in [7, 11) is 0. The van der Waals surface area contributed by atoms with Crippen LogP contribution in [0.4, 0.5) is 4.39 Å². The number of benzene rings is 2. The van der Waals surface area contributed by atoms with E-state index in [4.69, 9.17) is 11.6 Å². The Morgan fingerprint density at radius 2 is 1.95 bits per heavy atom. The minimum Gasteiger partial charge on any atom is -0.267 e. The molecule has 2 aromatic rings. The Hall–Kier alpha value is -1.72. The highest BCUT2D eigenvalue weighted by molar-refractivity contribution is 9.10. The molecule has 0 aromatic heterocycles. The number of nitrogens with one attached hydrogen (secondary N) is 1. The van der Waals surface area contributed by atoms with Crippen LogP contribution in [0.1, 0.15) is 15.9 Å². The van der Waals surface area contributed by atoms with Crippen molar-refractivity contribution in [2.24, 2.45) is 5.10 Å². The van der Waals surface area contributed by atoms with Crippen molar-refractivity contribution in [3.8, 4) is 0 Å². The zero-order valence-electron chi connectivity index (χ0n) is 10.1. The summed E-state index contributed by atoms with van der Waals surface area (Å²) >= 11 is 8.88. The Morgan fingerprint density at radius 1 is 1.25 bits per heavy atom. The van der Waals surface area contributed by atoms with Crippen molar-refractivity contribution in [1.29, 1.82) is 0 Å². The minimum absolute atomic E-state index is 0.282. The van der Waals surface area contributed by atoms with Gasteiger partial charge in [-0.1, -0.05) is 27.5 Å². The molecule has 102 valence electrons. The normalized spacial score (nSPS) is 10.8. The lowest BCUT2D eigenvalue weighted by molar-refractivity contribution is 0.0955. The molecule has 0 aliphatic heterocycles. The van der Waals surface area contributed by atoms with Gasteiger partial charge in [-0.05, 0) is 42.5 Å². The number of nitrogens with zero attached hydrogens (tertiary/aromatic N) is 1. The second kappa shape index (κ2) is 6.63. The average molecular weight is 356 g/mol. The standard InChI is InChI=1S/C14H9BrClFN2O/c15-11-4-1-10(13(17)7-11)8-18-19-14(20)9-2-5-12(16)6-3-9/h1-8H,(H,19,20)/b18-8-. The summed E-state index contributed by atoms with van der Waals surface area (Å²) in [5, 5.41) is 4.26. The van der Waals surface area contributed by atoms with E-state index in [0.29, 0.717) is 15.1 Å². The second-order valence-electron chi connectivity index (χ2n) is 3.87. The van der Waals surface area contributed by atoms with E-state index in [0.717, 1.165) is 0 Å². The third kappa shape index (κ3) is 3.88. The van der Waals surface area contributed by atoms with Gasteiger partial charge in [0.05, 0.1) is 6.21 Å². The van der Waals surface area contributed by atoms with Crippen LogP contribution in [0.2, 0.25) is 5.02 Å². The highest BCUT2D eigenvalue weighted by Crippen LogP contribution is 2.13. The fraction of sp³-hybridized carbons (Fsp3) is 0. The summed E-state index contributed by atoms with van der Waals surface area (Å²) in [6.07, 6.45) is 1.25. The van der Waals surface area contributed by atoms with E-state index < -0.39 is 11.7 Å². The molecule has 0 spiro atoms. The highest BCUT2D eigenvalue weighted by atomic mass is 79.9. The van der Waals surface area contributed by atoms with Crippen LogP contribution in [0, 0.1) is 5.82 Å². The SMILES string of the molecule is O=C(N/N=C\c1ccc(Br)cc1F)c1ccc(Cl)cc1. The van der Waals surface area contributed by atoms with Crippen molar-refractivity contribution < 1.29 is 9.18 Å². The molecule has 0 unspecified atom stereocenters. The van der Waals surface area contributed by atoms with Gasteiger partial charge in [0.2, 0.25) is 0 Å². The molecule has 0 heterocycles. The van der Waals surface area contributed by atoms with Crippen LogP contribution in [-0.2, 0) is 0 Å². The van der Waals surface area contributed by atoms with Crippen molar-refractivity contribution in [3.05, 3.63) is 68.9 Å². The first-order valence-corrected chi connectivity index (χ1v) is 6.77. The maximum atomic E-state index is 13.5. The number of hydrogen-bond donors (Lipinski definition) is 1. The van der Waals surface area contributed by atoms with Crippen molar-refractivity contribution >= 4 is 39.7 Å². The maximum absolute atomic E-state index is 13.5. The summed E-state index contributed by atoms with van der Waals surface area (Å²) in [6, 6.07) is 10.9. The Balaban J connectivity index is 2.02. The number of hydrazone groups is 1. The molecule has 0 bridgehead atoms. The van der Waals surface area contributed by atoms with E-state index in [9.17, 15) is 9.18 Å². The van der Waals surface area contributed by atoms with Crippen LogP contribution in [0.5, 0.6) is 0 Å². The molecule has 0 aliphatic carbocycles. The van der Waals surface area contributed by atoms with E-state index in [1.165, 1.54) is 12.3 Å². The lowest BCUT2D eigenvalue weighted by atomic mass is 10.2.